The van der Waals surface area contributed by atoms with Crippen LogP contribution in [0.25, 0.3) is 0 Å². The van der Waals surface area contributed by atoms with Gasteiger partial charge in [0.25, 0.3) is 5.69 Å². The Labute approximate surface area is 130 Å². The zero-order chi connectivity index (χ0) is 17.4. The summed E-state index contributed by atoms with van der Waals surface area (Å²) in [4.78, 5) is 34.4. The van der Waals surface area contributed by atoms with Crippen LogP contribution in [0.2, 0.25) is 0 Å². The summed E-state index contributed by atoms with van der Waals surface area (Å²) in [5, 5.41) is 9.58. The number of nitro groups is 1. The normalized spacial score (nSPS) is 18.1. The molecule has 0 bridgehead atoms. The number of rotatable bonds is 4. The van der Waals surface area contributed by atoms with Crippen LogP contribution in [0, 0.1) is 10.1 Å². The highest BCUT2D eigenvalue weighted by atomic mass is 32.3. The fourth-order valence-corrected chi connectivity index (χ4v) is 2.91. The van der Waals surface area contributed by atoms with Crippen LogP contribution in [0.1, 0.15) is 16.8 Å². The van der Waals surface area contributed by atoms with Crippen molar-refractivity contribution in [2.24, 2.45) is 0 Å². The number of ether oxygens (including phenoxy) is 1. The number of nitro benzene ring substituents is 1. The van der Waals surface area contributed by atoms with Crippen molar-refractivity contribution in [3.63, 3.8) is 0 Å². The van der Waals surface area contributed by atoms with Crippen molar-refractivity contribution < 1.29 is 31.6 Å². The van der Waals surface area contributed by atoms with Gasteiger partial charge in [-0.05, 0) is 12.1 Å². The van der Waals surface area contributed by atoms with Crippen LogP contribution in [0.5, 0.6) is 0 Å². The molecule has 11 heteroatoms. The van der Waals surface area contributed by atoms with Crippen molar-refractivity contribution in [2.75, 3.05) is 18.6 Å². The lowest BCUT2D eigenvalue weighted by Gasteiger charge is -2.16. The first-order chi connectivity index (χ1) is 10.6. The molecular weight excluding hydrogens is 335 g/mol. The molecule has 1 amide bonds. The summed E-state index contributed by atoms with van der Waals surface area (Å²) in [5.74, 6) is -1.57. The molecule has 9 nitrogen and oxygen atoms in total. The highest BCUT2D eigenvalue weighted by Crippen LogP contribution is 2.34. The first-order valence-electron chi connectivity index (χ1n) is 6.25. The SMILES string of the molecule is COC(=O)c1ccc(N2CC(S(=O)(=O)F)CC2=O)c([N+](=O)[O-])c1. The van der Waals surface area contributed by atoms with Crippen molar-refractivity contribution in [3.05, 3.63) is 33.9 Å². The Kier molecular flexibility index (Phi) is 4.32. The fourth-order valence-electron chi connectivity index (χ4n) is 2.24. The number of hydrogen-bond donors (Lipinski definition) is 0. The molecule has 0 saturated carbocycles. The molecule has 23 heavy (non-hydrogen) atoms. The second-order valence-corrected chi connectivity index (χ2v) is 6.38. The summed E-state index contributed by atoms with van der Waals surface area (Å²) >= 11 is 0. The molecule has 2 rings (SSSR count). The standard InChI is InChI=1S/C12H11FN2O7S/c1-22-12(17)7-2-3-9(10(4-7)15(18)19)14-6-8(5-11(14)16)23(13,20)21/h2-4,8H,5-6H2,1H3. The summed E-state index contributed by atoms with van der Waals surface area (Å²) in [6.07, 6.45) is -0.602. The van der Waals surface area contributed by atoms with Crippen molar-refractivity contribution >= 4 is 33.5 Å². The first kappa shape index (κ1) is 16.8. The van der Waals surface area contributed by atoms with Crippen molar-refractivity contribution in [1.29, 1.82) is 0 Å². The van der Waals surface area contributed by atoms with Gasteiger partial charge in [-0.3, -0.25) is 14.9 Å². The molecule has 1 aliphatic rings. The van der Waals surface area contributed by atoms with Crippen LogP contribution in [0.15, 0.2) is 18.2 Å². The molecule has 1 heterocycles. The minimum atomic E-state index is -4.94. The van der Waals surface area contributed by atoms with Gasteiger partial charge < -0.3 is 9.64 Å². The third-order valence-electron chi connectivity index (χ3n) is 3.37. The van der Waals surface area contributed by atoms with Gasteiger partial charge in [0.2, 0.25) is 5.91 Å². The Balaban J connectivity index is 2.45. The molecule has 1 saturated heterocycles. The largest absolute Gasteiger partial charge is 0.465 e. The van der Waals surface area contributed by atoms with Gasteiger partial charge in [-0.2, -0.15) is 8.42 Å². The van der Waals surface area contributed by atoms with E-state index in [1.807, 2.05) is 0 Å². The molecule has 1 fully saturated rings. The average Bonchev–Trinajstić information content (AvgIpc) is 2.87. The topological polar surface area (TPSA) is 124 Å². The number of carbonyl (C=O) groups excluding carboxylic acids is 2. The van der Waals surface area contributed by atoms with Crippen molar-refractivity contribution in [2.45, 2.75) is 11.7 Å². The van der Waals surface area contributed by atoms with Crippen LogP contribution < -0.4 is 4.90 Å². The second kappa shape index (κ2) is 5.91. The van der Waals surface area contributed by atoms with E-state index < -0.39 is 50.9 Å². The lowest BCUT2D eigenvalue weighted by atomic mass is 10.1. The molecule has 1 aliphatic heterocycles. The van der Waals surface area contributed by atoms with E-state index >= 15 is 0 Å². The second-order valence-electron chi connectivity index (χ2n) is 4.76. The third kappa shape index (κ3) is 3.28. The van der Waals surface area contributed by atoms with Gasteiger partial charge in [0.15, 0.2) is 0 Å². The quantitative estimate of drug-likeness (QED) is 0.341. The Morgan fingerprint density at radius 1 is 1.48 bits per heavy atom. The summed E-state index contributed by atoms with van der Waals surface area (Å²) in [5.41, 5.74) is -0.902. The zero-order valence-corrected chi connectivity index (χ0v) is 12.6. The van der Waals surface area contributed by atoms with Gasteiger partial charge in [0.05, 0.1) is 17.6 Å². The molecule has 1 aromatic carbocycles. The maximum atomic E-state index is 13.0. The summed E-state index contributed by atoms with van der Waals surface area (Å²) in [6.45, 7) is -0.532. The molecule has 0 spiro atoms. The number of nitrogens with zero attached hydrogens (tertiary/aromatic N) is 2. The van der Waals surface area contributed by atoms with Crippen LogP contribution >= 0.6 is 0 Å². The highest BCUT2D eigenvalue weighted by molar-refractivity contribution is 7.87. The molecule has 1 aromatic rings. The predicted octanol–water partition coefficient (Wildman–Crippen LogP) is 0.786. The molecule has 1 atom stereocenters. The number of carbonyl (C=O) groups is 2. The molecule has 124 valence electrons. The lowest BCUT2D eigenvalue weighted by Crippen LogP contribution is -2.27. The number of hydrogen-bond acceptors (Lipinski definition) is 7. The van der Waals surface area contributed by atoms with E-state index in [0.717, 1.165) is 24.1 Å². The van der Waals surface area contributed by atoms with Crippen LogP contribution in [0.3, 0.4) is 0 Å². The fraction of sp³-hybridized carbons (Fsp3) is 0.333. The van der Waals surface area contributed by atoms with Crippen molar-refractivity contribution in [1.82, 2.24) is 0 Å². The minimum Gasteiger partial charge on any atom is -0.465 e. The van der Waals surface area contributed by atoms with E-state index in [4.69, 9.17) is 0 Å². The Morgan fingerprint density at radius 3 is 2.61 bits per heavy atom. The summed E-state index contributed by atoms with van der Waals surface area (Å²) < 4.78 is 39.3. The number of benzene rings is 1. The number of amides is 1. The monoisotopic (exact) mass is 346 g/mol. The van der Waals surface area contributed by atoms with Crippen molar-refractivity contribution in [3.8, 4) is 0 Å². The Bertz CT molecular complexity index is 793. The van der Waals surface area contributed by atoms with Gasteiger partial charge in [-0.15, -0.1) is 3.89 Å². The van der Waals surface area contributed by atoms with E-state index in [0.29, 0.717) is 0 Å². The molecule has 1 unspecified atom stereocenters. The van der Waals surface area contributed by atoms with Gasteiger partial charge in [-0.25, -0.2) is 4.79 Å². The van der Waals surface area contributed by atoms with E-state index in [1.54, 1.807) is 0 Å². The van der Waals surface area contributed by atoms with Crippen LogP contribution in [-0.2, 0) is 19.8 Å². The van der Waals surface area contributed by atoms with E-state index in [2.05, 4.69) is 4.74 Å². The highest BCUT2D eigenvalue weighted by Gasteiger charge is 2.41. The minimum absolute atomic E-state index is 0.107. The van der Waals surface area contributed by atoms with Gasteiger partial charge >= 0.3 is 16.2 Å². The van der Waals surface area contributed by atoms with Gasteiger partial charge in [0, 0.05) is 19.0 Å². The molecule has 0 N–H and O–H groups in total. The number of halogens is 1. The summed E-state index contributed by atoms with van der Waals surface area (Å²) in [7, 11) is -3.84. The van der Waals surface area contributed by atoms with Crippen LogP contribution in [0.4, 0.5) is 15.3 Å². The summed E-state index contributed by atoms with van der Waals surface area (Å²) in [6, 6.07) is 3.22. The zero-order valence-electron chi connectivity index (χ0n) is 11.8. The number of anilines is 1. The van der Waals surface area contributed by atoms with E-state index in [-0.39, 0.29) is 11.3 Å². The number of esters is 1. The Morgan fingerprint density at radius 2 is 2.13 bits per heavy atom. The average molecular weight is 346 g/mol. The third-order valence-corrected chi connectivity index (χ3v) is 4.48. The van der Waals surface area contributed by atoms with E-state index in [1.165, 1.54) is 6.07 Å². The number of methoxy groups -OCH3 is 1. The molecular formula is C12H11FN2O7S. The van der Waals surface area contributed by atoms with Crippen LogP contribution in [-0.4, -0.2) is 44.1 Å². The maximum absolute atomic E-state index is 13.0. The smallest absolute Gasteiger partial charge is 0.338 e. The Hall–Kier alpha value is -2.56. The molecule has 0 aliphatic carbocycles. The lowest BCUT2D eigenvalue weighted by molar-refractivity contribution is -0.384. The van der Waals surface area contributed by atoms with Gasteiger partial charge in [-0.1, -0.05) is 0 Å². The maximum Gasteiger partial charge on any atom is 0.338 e. The molecule has 0 radical (unpaired) electrons. The predicted molar refractivity (Wildman–Crippen MR) is 75.2 cm³/mol. The first-order valence-corrected chi connectivity index (χ1v) is 7.70. The van der Waals surface area contributed by atoms with Gasteiger partial charge in [0.1, 0.15) is 10.9 Å². The van der Waals surface area contributed by atoms with E-state index in [9.17, 15) is 32.0 Å². The molecule has 0 aromatic heterocycles.